The van der Waals surface area contributed by atoms with Crippen LogP contribution >= 0.6 is 0 Å². The van der Waals surface area contributed by atoms with Crippen LogP contribution in [0.4, 0.5) is 0 Å². The van der Waals surface area contributed by atoms with Crippen molar-refractivity contribution in [2.24, 2.45) is 11.7 Å². The fraction of sp³-hybridized carbons (Fsp3) is 1.00. The summed E-state index contributed by atoms with van der Waals surface area (Å²) in [7, 11) is -3.39. The zero-order valence-corrected chi connectivity index (χ0v) is 13.2. The number of piperidine rings is 1. The molecule has 3 atom stereocenters. The third-order valence-corrected chi connectivity index (χ3v) is 5.76. The molecule has 0 aromatic heterocycles. The minimum atomic E-state index is -3.39. The second-order valence-electron chi connectivity index (χ2n) is 5.77. The van der Waals surface area contributed by atoms with Gasteiger partial charge in [-0.3, -0.25) is 0 Å². The van der Waals surface area contributed by atoms with E-state index in [2.05, 4.69) is 18.6 Å². The van der Waals surface area contributed by atoms with Crippen molar-refractivity contribution in [1.82, 2.24) is 9.03 Å². The van der Waals surface area contributed by atoms with Gasteiger partial charge < -0.3 is 5.73 Å². The van der Waals surface area contributed by atoms with E-state index in [1.54, 1.807) is 4.31 Å². The van der Waals surface area contributed by atoms with Crippen LogP contribution in [0.2, 0.25) is 0 Å². The van der Waals surface area contributed by atoms with Gasteiger partial charge in [0.15, 0.2) is 0 Å². The van der Waals surface area contributed by atoms with E-state index in [4.69, 9.17) is 5.73 Å². The van der Waals surface area contributed by atoms with E-state index in [1.807, 2.05) is 6.92 Å². The monoisotopic (exact) mass is 291 g/mol. The summed E-state index contributed by atoms with van der Waals surface area (Å²) in [6.07, 6.45) is 4.81. The highest BCUT2D eigenvalue weighted by molar-refractivity contribution is 7.87. The van der Waals surface area contributed by atoms with Crippen LogP contribution in [-0.4, -0.2) is 37.9 Å². The van der Waals surface area contributed by atoms with E-state index >= 15 is 0 Å². The summed E-state index contributed by atoms with van der Waals surface area (Å²) in [6, 6.07) is -0.0673. The predicted octanol–water partition coefficient (Wildman–Crippen LogP) is 1.46. The highest BCUT2D eigenvalue weighted by atomic mass is 32.2. The van der Waals surface area contributed by atoms with Crippen LogP contribution in [-0.2, 0) is 10.2 Å². The molecule has 1 fully saturated rings. The number of rotatable bonds is 7. The summed E-state index contributed by atoms with van der Waals surface area (Å²) in [4.78, 5) is 0. The number of hydrogen-bond donors (Lipinski definition) is 2. The van der Waals surface area contributed by atoms with Gasteiger partial charge in [-0.25, -0.2) is 0 Å². The van der Waals surface area contributed by atoms with Crippen LogP contribution in [0.15, 0.2) is 0 Å². The second-order valence-corrected chi connectivity index (χ2v) is 7.42. The van der Waals surface area contributed by atoms with E-state index in [0.717, 1.165) is 32.1 Å². The van der Waals surface area contributed by atoms with Gasteiger partial charge in [-0.05, 0) is 32.1 Å². The molecular weight excluding hydrogens is 262 g/mol. The summed E-state index contributed by atoms with van der Waals surface area (Å²) < 4.78 is 29.1. The average Bonchev–Trinajstić information content (AvgIpc) is 2.37. The lowest BCUT2D eigenvalue weighted by atomic mass is 10.0. The van der Waals surface area contributed by atoms with Crippen molar-refractivity contribution in [3.63, 3.8) is 0 Å². The van der Waals surface area contributed by atoms with E-state index in [-0.39, 0.29) is 12.1 Å². The normalized spacial score (nSPS) is 25.2. The Morgan fingerprint density at radius 3 is 2.63 bits per heavy atom. The highest BCUT2D eigenvalue weighted by Crippen LogP contribution is 2.20. The van der Waals surface area contributed by atoms with Gasteiger partial charge in [0, 0.05) is 25.2 Å². The molecule has 0 aromatic rings. The topological polar surface area (TPSA) is 75.4 Å². The molecule has 6 heteroatoms. The van der Waals surface area contributed by atoms with E-state index in [0.29, 0.717) is 19.0 Å². The molecule has 0 bridgehead atoms. The Labute approximate surface area is 118 Å². The maximum Gasteiger partial charge on any atom is 0.279 e. The number of nitrogens with zero attached hydrogens (tertiary/aromatic N) is 1. The molecule has 1 rings (SSSR count). The average molecular weight is 291 g/mol. The van der Waals surface area contributed by atoms with Crippen molar-refractivity contribution >= 4 is 10.2 Å². The van der Waals surface area contributed by atoms with Crippen molar-refractivity contribution in [2.45, 2.75) is 65.0 Å². The SMILES string of the molecule is CCC(C)CC(C)NS(=O)(=O)N1CCCCC1CN. The minimum absolute atomic E-state index is 0.0275. The maximum absolute atomic E-state index is 12.4. The Hall–Kier alpha value is -0.170. The quantitative estimate of drug-likeness (QED) is 0.745. The molecule has 1 saturated heterocycles. The molecule has 0 aliphatic carbocycles. The molecule has 3 unspecified atom stereocenters. The van der Waals surface area contributed by atoms with Gasteiger partial charge in [-0.2, -0.15) is 17.4 Å². The summed E-state index contributed by atoms with van der Waals surface area (Å²) in [5.74, 6) is 0.532. The lowest BCUT2D eigenvalue weighted by Crippen LogP contribution is -2.53. The van der Waals surface area contributed by atoms with E-state index < -0.39 is 10.2 Å². The predicted molar refractivity (Wildman–Crippen MR) is 79.0 cm³/mol. The van der Waals surface area contributed by atoms with Crippen molar-refractivity contribution in [2.75, 3.05) is 13.1 Å². The lowest BCUT2D eigenvalue weighted by molar-refractivity contribution is 0.252. The Balaban J connectivity index is 2.63. The maximum atomic E-state index is 12.4. The molecule has 1 aliphatic rings. The zero-order chi connectivity index (χ0) is 14.5. The van der Waals surface area contributed by atoms with Gasteiger partial charge >= 0.3 is 0 Å². The largest absolute Gasteiger partial charge is 0.329 e. The zero-order valence-electron chi connectivity index (χ0n) is 12.4. The van der Waals surface area contributed by atoms with Crippen LogP contribution in [0.1, 0.15) is 52.9 Å². The Morgan fingerprint density at radius 2 is 2.05 bits per heavy atom. The molecule has 0 saturated carbocycles. The number of hydrogen-bond acceptors (Lipinski definition) is 3. The Morgan fingerprint density at radius 1 is 1.37 bits per heavy atom. The summed E-state index contributed by atoms with van der Waals surface area (Å²) in [5.41, 5.74) is 5.69. The van der Waals surface area contributed by atoms with Crippen molar-refractivity contribution in [1.29, 1.82) is 0 Å². The van der Waals surface area contributed by atoms with Crippen molar-refractivity contribution in [3.05, 3.63) is 0 Å². The van der Waals surface area contributed by atoms with Gasteiger partial charge in [0.05, 0.1) is 0 Å². The first kappa shape index (κ1) is 16.9. The standard InChI is InChI=1S/C13H29N3O2S/c1-4-11(2)9-12(3)15-19(17,18)16-8-6-5-7-13(16)10-14/h11-13,15H,4-10,14H2,1-3H3. The van der Waals surface area contributed by atoms with Crippen LogP contribution < -0.4 is 10.5 Å². The molecule has 5 nitrogen and oxygen atoms in total. The molecule has 1 aliphatic heterocycles. The number of nitrogens with one attached hydrogen (secondary N) is 1. The molecule has 0 aromatic carbocycles. The lowest BCUT2D eigenvalue weighted by Gasteiger charge is -2.34. The molecular formula is C13H29N3O2S. The molecule has 0 radical (unpaired) electrons. The molecule has 1 heterocycles. The van der Waals surface area contributed by atoms with Gasteiger partial charge in [0.1, 0.15) is 0 Å². The van der Waals surface area contributed by atoms with Crippen molar-refractivity contribution in [3.8, 4) is 0 Å². The van der Waals surface area contributed by atoms with Gasteiger partial charge in [0.25, 0.3) is 10.2 Å². The first-order valence-corrected chi connectivity index (χ1v) is 8.83. The van der Waals surface area contributed by atoms with Crippen LogP contribution in [0.3, 0.4) is 0 Å². The van der Waals surface area contributed by atoms with Gasteiger partial charge in [-0.1, -0.05) is 26.7 Å². The molecule has 19 heavy (non-hydrogen) atoms. The fourth-order valence-electron chi connectivity index (χ4n) is 2.67. The summed E-state index contributed by atoms with van der Waals surface area (Å²) in [6.45, 7) is 7.20. The second kappa shape index (κ2) is 7.57. The third-order valence-electron chi connectivity index (χ3n) is 3.96. The fourth-order valence-corrected chi connectivity index (χ4v) is 4.36. The Bertz CT molecular complexity index is 359. The molecule has 3 N–H and O–H groups in total. The van der Waals surface area contributed by atoms with Crippen LogP contribution in [0.5, 0.6) is 0 Å². The summed E-state index contributed by atoms with van der Waals surface area (Å²) in [5, 5.41) is 0. The first-order chi connectivity index (χ1) is 8.90. The van der Waals surface area contributed by atoms with Gasteiger partial charge in [-0.15, -0.1) is 0 Å². The smallest absolute Gasteiger partial charge is 0.279 e. The van der Waals surface area contributed by atoms with E-state index in [9.17, 15) is 8.42 Å². The van der Waals surface area contributed by atoms with Crippen LogP contribution in [0.25, 0.3) is 0 Å². The molecule has 0 amide bonds. The van der Waals surface area contributed by atoms with Crippen molar-refractivity contribution < 1.29 is 8.42 Å². The van der Waals surface area contributed by atoms with Crippen LogP contribution in [0, 0.1) is 5.92 Å². The van der Waals surface area contributed by atoms with E-state index in [1.165, 1.54) is 0 Å². The first-order valence-electron chi connectivity index (χ1n) is 7.39. The molecule has 114 valence electrons. The Kier molecular flexibility index (Phi) is 6.73. The minimum Gasteiger partial charge on any atom is -0.329 e. The summed E-state index contributed by atoms with van der Waals surface area (Å²) >= 11 is 0. The number of nitrogens with two attached hydrogens (primary N) is 1. The van der Waals surface area contributed by atoms with Gasteiger partial charge in [0.2, 0.25) is 0 Å². The third kappa shape index (κ3) is 5.02. The highest BCUT2D eigenvalue weighted by Gasteiger charge is 2.32. The molecule has 0 spiro atoms.